The fourth-order valence-corrected chi connectivity index (χ4v) is 2.41. The normalized spacial score (nSPS) is 11.7. The fraction of sp³-hybridized carbons (Fsp3) is 0.400. The van der Waals surface area contributed by atoms with E-state index < -0.39 is 26.4 Å². The minimum Gasteiger partial charge on any atom is -0.502 e. The summed E-state index contributed by atoms with van der Waals surface area (Å²) in [7, 11) is -3.79. The van der Waals surface area contributed by atoms with Gasteiger partial charge in [-0.25, -0.2) is 13.1 Å². The zero-order chi connectivity index (χ0) is 13.9. The van der Waals surface area contributed by atoms with Crippen LogP contribution < -0.4 is 4.72 Å². The fourth-order valence-electron chi connectivity index (χ4n) is 1.18. The predicted octanol–water partition coefficient (Wildman–Crippen LogP) is 1.23. The molecule has 0 saturated carbocycles. The standard InChI is InChI=1S/C10H14N2O5S/c1-7(2)6-11-18(16,17)8-3-4-10(13)9(5-8)12(14)15/h3-5,7,11,13H,6H2,1-2H3. The van der Waals surface area contributed by atoms with Crippen LogP contribution >= 0.6 is 0 Å². The summed E-state index contributed by atoms with van der Waals surface area (Å²) in [6.07, 6.45) is 0. The summed E-state index contributed by atoms with van der Waals surface area (Å²) in [6.45, 7) is 3.90. The van der Waals surface area contributed by atoms with E-state index >= 15 is 0 Å². The summed E-state index contributed by atoms with van der Waals surface area (Å²) in [4.78, 5) is 9.52. The van der Waals surface area contributed by atoms with Crippen LogP contribution in [0.2, 0.25) is 0 Å². The quantitative estimate of drug-likeness (QED) is 0.620. The summed E-state index contributed by atoms with van der Waals surface area (Å²) < 4.78 is 25.9. The minimum absolute atomic E-state index is 0.117. The van der Waals surface area contributed by atoms with E-state index in [-0.39, 0.29) is 17.4 Å². The molecule has 0 fully saturated rings. The molecule has 2 N–H and O–H groups in total. The highest BCUT2D eigenvalue weighted by Gasteiger charge is 2.20. The van der Waals surface area contributed by atoms with Gasteiger partial charge in [-0.1, -0.05) is 13.8 Å². The molecule has 8 heteroatoms. The van der Waals surface area contributed by atoms with E-state index in [9.17, 15) is 23.6 Å². The van der Waals surface area contributed by atoms with Crippen LogP contribution in [0, 0.1) is 16.0 Å². The van der Waals surface area contributed by atoms with Gasteiger partial charge in [-0.15, -0.1) is 0 Å². The molecule has 0 aliphatic heterocycles. The summed E-state index contributed by atoms with van der Waals surface area (Å²) >= 11 is 0. The van der Waals surface area contributed by atoms with Crippen LogP contribution in [0.15, 0.2) is 23.1 Å². The number of nitrogens with one attached hydrogen (secondary N) is 1. The topological polar surface area (TPSA) is 110 Å². The maximum atomic E-state index is 11.8. The SMILES string of the molecule is CC(C)CNS(=O)(=O)c1ccc(O)c([N+](=O)[O-])c1. The molecule has 0 radical (unpaired) electrons. The Morgan fingerprint density at radius 1 is 1.44 bits per heavy atom. The molecule has 7 nitrogen and oxygen atoms in total. The molecule has 0 heterocycles. The van der Waals surface area contributed by atoms with E-state index in [0.29, 0.717) is 0 Å². The third-order valence-corrected chi connectivity index (χ3v) is 3.56. The molecule has 0 aliphatic rings. The second kappa shape index (κ2) is 5.32. The number of phenols is 1. The number of nitrogens with zero attached hydrogens (tertiary/aromatic N) is 1. The highest BCUT2D eigenvalue weighted by molar-refractivity contribution is 7.89. The molecule has 0 aliphatic carbocycles. The first-order valence-electron chi connectivity index (χ1n) is 5.21. The lowest BCUT2D eigenvalue weighted by Gasteiger charge is -2.08. The minimum atomic E-state index is -3.79. The third kappa shape index (κ3) is 3.41. The van der Waals surface area contributed by atoms with E-state index in [2.05, 4.69) is 4.72 Å². The van der Waals surface area contributed by atoms with Crippen molar-refractivity contribution in [2.24, 2.45) is 5.92 Å². The number of sulfonamides is 1. The number of nitro benzene ring substituents is 1. The lowest BCUT2D eigenvalue weighted by atomic mass is 10.2. The Labute approximate surface area is 105 Å². The monoisotopic (exact) mass is 274 g/mol. The average molecular weight is 274 g/mol. The van der Waals surface area contributed by atoms with Crippen LogP contribution in [0.1, 0.15) is 13.8 Å². The number of rotatable bonds is 5. The molecule has 0 aromatic heterocycles. The van der Waals surface area contributed by atoms with Gasteiger partial charge in [-0.05, 0) is 18.1 Å². The maximum absolute atomic E-state index is 11.8. The van der Waals surface area contributed by atoms with E-state index in [0.717, 1.165) is 18.2 Å². The highest BCUT2D eigenvalue weighted by atomic mass is 32.2. The molecule has 0 saturated heterocycles. The Balaban J connectivity index is 3.10. The summed E-state index contributed by atoms with van der Waals surface area (Å²) in [5, 5.41) is 19.8. The number of aromatic hydroxyl groups is 1. The molecule has 0 unspecified atom stereocenters. The molecule has 100 valence electrons. The van der Waals surface area contributed by atoms with Gasteiger partial charge in [-0.2, -0.15) is 0 Å². The Bertz CT molecular complexity index is 553. The summed E-state index contributed by atoms with van der Waals surface area (Å²) in [5.74, 6) is -0.449. The van der Waals surface area contributed by atoms with Crippen molar-refractivity contribution in [3.05, 3.63) is 28.3 Å². The van der Waals surface area contributed by atoms with Gasteiger partial charge in [-0.3, -0.25) is 10.1 Å². The number of phenolic OH excluding ortho intramolecular Hbond substituents is 1. The van der Waals surface area contributed by atoms with Gasteiger partial charge in [0, 0.05) is 12.6 Å². The largest absolute Gasteiger partial charge is 0.502 e. The Morgan fingerprint density at radius 2 is 2.06 bits per heavy atom. The second-order valence-electron chi connectivity index (χ2n) is 4.15. The zero-order valence-corrected chi connectivity index (χ0v) is 10.8. The van der Waals surface area contributed by atoms with Crippen molar-refractivity contribution in [3.63, 3.8) is 0 Å². The summed E-state index contributed by atoms with van der Waals surface area (Å²) in [6, 6.07) is 2.94. The van der Waals surface area contributed by atoms with Crippen molar-refractivity contribution < 1.29 is 18.4 Å². The van der Waals surface area contributed by atoms with Crippen molar-refractivity contribution in [3.8, 4) is 5.75 Å². The van der Waals surface area contributed by atoms with Crippen LogP contribution in [0.25, 0.3) is 0 Å². The summed E-state index contributed by atoms with van der Waals surface area (Å²) in [5.41, 5.74) is -0.637. The molecule has 0 amide bonds. The lowest BCUT2D eigenvalue weighted by Crippen LogP contribution is -2.27. The molecular formula is C10H14N2O5S. The van der Waals surface area contributed by atoms with E-state index in [1.54, 1.807) is 0 Å². The molecule has 1 aromatic rings. The van der Waals surface area contributed by atoms with Crippen LogP contribution in [-0.2, 0) is 10.0 Å². The van der Waals surface area contributed by atoms with Crippen molar-refractivity contribution in [2.75, 3.05) is 6.54 Å². The predicted molar refractivity (Wildman–Crippen MR) is 64.8 cm³/mol. The van der Waals surface area contributed by atoms with Gasteiger partial charge >= 0.3 is 5.69 Å². The Morgan fingerprint density at radius 3 is 2.56 bits per heavy atom. The maximum Gasteiger partial charge on any atom is 0.312 e. The first kappa shape index (κ1) is 14.4. The second-order valence-corrected chi connectivity index (χ2v) is 5.92. The van der Waals surface area contributed by atoms with Crippen LogP contribution in [0.4, 0.5) is 5.69 Å². The van der Waals surface area contributed by atoms with E-state index in [1.807, 2.05) is 13.8 Å². The first-order chi connectivity index (χ1) is 8.24. The molecular weight excluding hydrogens is 260 g/mol. The van der Waals surface area contributed by atoms with Gasteiger partial charge in [0.25, 0.3) is 0 Å². The number of nitro groups is 1. The molecule has 1 aromatic carbocycles. The number of hydrogen-bond donors (Lipinski definition) is 2. The molecule has 0 spiro atoms. The van der Waals surface area contributed by atoms with Crippen molar-refractivity contribution >= 4 is 15.7 Å². The first-order valence-corrected chi connectivity index (χ1v) is 6.69. The third-order valence-electron chi connectivity index (χ3n) is 2.14. The van der Waals surface area contributed by atoms with E-state index in [4.69, 9.17) is 0 Å². The smallest absolute Gasteiger partial charge is 0.312 e. The van der Waals surface area contributed by atoms with E-state index in [1.165, 1.54) is 0 Å². The van der Waals surface area contributed by atoms with Gasteiger partial charge in [0.05, 0.1) is 9.82 Å². The van der Waals surface area contributed by atoms with Gasteiger partial charge in [0.15, 0.2) is 5.75 Å². The van der Waals surface area contributed by atoms with Gasteiger partial charge < -0.3 is 5.11 Å². The van der Waals surface area contributed by atoms with Crippen molar-refractivity contribution in [1.82, 2.24) is 4.72 Å². The zero-order valence-electron chi connectivity index (χ0n) is 9.95. The van der Waals surface area contributed by atoms with Crippen LogP contribution in [0.3, 0.4) is 0 Å². The number of benzene rings is 1. The molecule has 18 heavy (non-hydrogen) atoms. The van der Waals surface area contributed by atoms with Crippen LogP contribution in [0.5, 0.6) is 5.75 Å². The lowest BCUT2D eigenvalue weighted by molar-refractivity contribution is -0.386. The molecule has 1 rings (SSSR count). The number of hydrogen-bond acceptors (Lipinski definition) is 5. The van der Waals surface area contributed by atoms with Gasteiger partial charge in [0.1, 0.15) is 0 Å². The van der Waals surface area contributed by atoms with Crippen LogP contribution in [-0.4, -0.2) is 25.0 Å². The molecule has 0 bridgehead atoms. The highest BCUT2D eigenvalue weighted by Crippen LogP contribution is 2.28. The molecule has 0 atom stereocenters. The van der Waals surface area contributed by atoms with Crippen molar-refractivity contribution in [1.29, 1.82) is 0 Å². The van der Waals surface area contributed by atoms with Crippen molar-refractivity contribution in [2.45, 2.75) is 18.7 Å². The average Bonchev–Trinajstić information content (AvgIpc) is 2.26. The Kier molecular flexibility index (Phi) is 4.25. The Hall–Kier alpha value is -1.67. The van der Waals surface area contributed by atoms with Gasteiger partial charge in [0.2, 0.25) is 10.0 Å².